The van der Waals surface area contributed by atoms with Crippen LogP contribution in [0.3, 0.4) is 0 Å². The van der Waals surface area contributed by atoms with E-state index in [1.165, 1.54) is 19.2 Å². The quantitative estimate of drug-likeness (QED) is 0.240. The van der Waals surface area contributed by atoms with Crippen LogP contribution in [0.1, 0.15) is 63.9 Å². The fourth-order valence-electron chi connectivity index (χ4n) is 4.95. The Balaban J connectivity index is 1.77. The lowest BCUT2D eigenvalue weighted by Gasteiger charge is -2.28. The molecule has 0 amide bonds. The number of methoxy groups -OCH3 is 1. The Morgan fingerprint density at radius 2 is 1.51 bits per heavy atom. The average molecular weight is 520 g/mol. The molecule has 9 nitrogen and oxygen atoms in total. The number of para-hydroxylation sites is 1. The third-order valence-electron chi connectivity index (χ3n) is 6.72. The van der Waals surface area contributed by atoms with Gasteiger partial charge in [0.25, 0.3) is 10.1 Å². The number of benzene rings is 3. The van der Waals surface area contributed by atoms with Crippen molar-refractivity contribution in [2.24, 2.45) is 10.2 Å². The number of fused-ring (bicyclic) bond motifs is 2. The number of hydrogen-bond donors (Lipinski definition) is 2. The van der Waals surface area contributed by atoms with E-state index < -0.39 is 32.3 Å². The summed E-state index contributed by atoms with van der Waals surface area (Å²) in [5, 5.41) is 11.5. The Morgan fingerprint density at radius 1 is 0.892 bits per heavy atom. The number of rotatable bonds is 6. The molecule has 1 saturated carbocycles. The van der Waals surface area contributed by atoms with Crippen molar-refractivity contribution in [3.05, 3.63) is 76.9 Å². The first kappa shape index (κ1) is 24.8. The highest BCUT2D eigenvalue weighted by Crippen LogP contribution is 2.43. The van der Waals surface area contributed by atoms with Crippen molar-refractivity contribution >= 4 is 38.7 Å². The molecule has 0 unspecified atom stereocenters. The van der Waals surface area contributed by atoms with E-state index in [1.54, 1.807) is 42.5 Å². The van der Waals surface area contributed by atoms with Gasteiger partial charge >= 0.3 is 0 Å². The van der Waals surface area contributed by atoms with Gasteiger partial charge in [-0.1, -0.05) is 55.7 Å². The normalized spacial score (nSPS) is 15.9. The number of nitrogens with zero attached hydrogens (tertiary/aromatic N) is 2. The molecule has 0 aromatic heterocycles. The first-order chi connectivity index (χ1) is 17.8. The highest BCUT2D eigenvalue weighted by Gasteiger charge is 2.38. The van der Waals surface area contributed by atoms with Gasteiger partial charge in [-0.2, -0.15) is 8.42 Å². The molecule has 37 heavy (non-hydrogen) atoms. The minimum Gasteiger partial charge on any atom is -0.494 e. The number of hydrogen-bond acceptors (Lipinski definition) is 8. The van der Waals surface area contributed by atoms with E-state index in [0.29, 0.717) is 5.75 Å². The molecule has 0 aliphatic heterocycles. The molecule has 2 aliphatic rings. The third-order valence-corrected chi connectivity index (χ3v) is 7.59. The van der Waals surface area contributed by atoms with E-state index in [4.69, 9.17) is 4.74 Å². The van der Waals surface area contributed by atoms with Crippen molar-refractivity contribution in [3.8, 4) is 5.75 Å². The minimum atomic E-state index is -4.86. The summed E-state index contributed by atoms with van der Waals surface area (Å²) in [7, 11) is -3.41. The van der Waals surface area contributed by atoms with Gasteiger partial charge in [-0.3, -0.25) is 14.1 Å². The van der Waals surface area contributed by atoms with E-state index in [9.17, 15) is 22.6 Å². The van der Waals surface area contributed by atoms with Crippen molar-refractivity contribution in [1.82, 2.24) is 0 Å². The highest BCUT2D eigenvalue weighted by atomic mass is 32.2. The maximum Gasteiger partial charge on any atom is 0.296 e. The first-order valence-electron chi connectivity index (χ1n) is 12.0. The second-order valence-corrected chi connectivity index (χ2v) is 10.4. The molecule has 3 aromatic rings. The zero-order chi connectivity index (χ0) is 26.2. The molecule has 2 aliphatic carbocycles. The van der Waals surface area contributed by atoms with Crippen LogP contribution in [0.2, 0.25) is 0 Å². The standard InChI is InChI=1S/C27H25N3O6S/c1-36-21-14-8-7-13-19(21)29-30-25-22(37(33,34)35)15-20(28-16-9-3-2-4-10-16)23-24(25)27(32)18-12-6-5-11-17(18)26(23)31/h5-8,11-16,28H,2-4,9-10H2,1H3,(H,33,34,35)/b30-29+. The van der Waals surface area contributed by atoms with Crippen LogP contribution in [-0.4, -0.2) is 37.7 Å². The van der Waals surface area contributed by atoms with Crippen LogP contribution < -0.4 is 10.1 Å². The summed E-state index contributed by atoms with van der Waals surface area (Å²) in [5.74, 6) is -0.632. The number of carbonyl (C=O) groups is 2. The van der Waals surface area contributed by atoms with Crippen molar-refractivity contribution in [2.75, 3.05) is 12.4 Å². The van der Waals surface area contributed by atoms with Crippen LogP contribution in [0, 0.1) is 0 Å². The van der Waals surface area contributed by atoms with Gasteiger partial charge in [-0.15, -0.1) is 10.2 Å². The molecule has 10 heteroatoms. The lowest BCUT2D eigenvalue weighted by molar-refractivity contribution is 0.0980. The molecule has 0 bridgehead atoms. The number of ether oxygens (including phenoxy) is 1. The van der Waals surface area contributed by atoms with Gasteiger partial charge in [0.15, 0.2) is 11.6 Å². The van der Waals surface area contributed by atoms with E-state index in [-0.39, 0.29) is 39.7 Å². The lowest BCUT2D eigenvalue weighted by Crippen LogP contribution is -2.27. The molecular weight excluding hydrogens is 494 g/mol. The molecule has 3 aromatic carbocycles. The Hall–Kier alpha value is -3.89. The van der Waals surface area contributed by atoms with Crippen molar-refractivity contribution < 1.29 is 27.3 Å². The molecule has 5 rings (SSSR count). The van der Waals surface area contributed by atoms with E-state index in [1.807, 2.05) is 0 Å². The molecule has 0 saturated heterocycles. The monoisotopic (exact) mass is 519 g/mol. The predicted octanol–water partition coefficient (Wildman–Crippen LogP) is 5.88. The van der Waals surface area contributed by atoms with Gasteiger partial charge in [0.1, 0.15) is 22.0 Å². The number of ketones is 2. The maximum atomic E-state index is 13.7. The molecule has 190 valence electrons. The summed E-state index contributed by atoms with van der Waals surface area (Å²) in [5.41, 5.74) is 0.221. The fourth-order valence-corrected chi connectivity index (χ4v) is 5.60. The topological polar surface area (TPSA) is 134 Å². The highest BCUT2D eigenvalue weighted by molar-refractivity contribution is 7.86. The van der Waals surface area contributed by atoms with Gasteiger partial charge < -0.3 is 10.1 Å². The largest absolute Gasteiger partial charge is 0.494 e. The molecule has 2 N–H and O–H groups in total. The predicted molar refractivity (Wildman–Crippen MR) is 137 cm³/mol. The average Bonchev–Trinajstić information content (AvgIpc) is 2.90. The van der Waals surface area contributed by atoms with Crippen LogP contribution in [0.4, 0.5) is 17.1 Å². The van der Waals surface area contributed by atoms with Crippen LogP contribution in [0.5, 0.6) is 5.75 Å². The Labute approximate surface area is 214 Å². The van der Waals surface area contributed by atoms with Gasteiger partial charge in [0, 0.05) is 22.9 Å². The molecule has 1 fully saturated rings. The second-order valence-electron chi connectivity index (χ2n) is 9.05. The summed E-state index contributed by atoms with van der Waals surface area (Å²) < 4.78 is 40.6. The number of nitrogens with one attached hydrogen (secondary N) is 1. The van der Waals surface area contributed by atoms with Crippen molar-refractivity contribution in [2.45, 2.75) is 43.0 Å². The Bertz CT molecular complexity index is 1540. The SMILES string of the molecule is COc1ccccc1/N=N/c1c(S(=O)(=O)O)cc(NC2CCCCC2)c2c1C(=O)c1ccccc1C2=O. The van der Waals surface area contributed by atoms with Gasteiger partial charge in [-0.05, 0) is 31.0 Å². The Morgan fingerprint density at radius 3 is 2.16 bits per heavy atom. The lowest BCUT2D eigenvalue weighted by atomic mass is 9.82. The minimum absolute atomic E-state index is 0.00627. The first-order valence-corrected chi connectivity index (χ1v) is 13.4. The molecular formula is C27H25N3O6S. The van der Waals surface area contributed by atoms with E-state index in [0.717, 1.165) is 32.1 Å². The van der Waals surface area contributed by atoms with Crippen molar-refractivity contribution in [3.63, 3.8) is 0 Å². The summed E-state index contributed by atoms with van der Waals surface area (Å²) >= 11 is 0. The van der Waals surface area contributed by atoms with Gasteiger partial charge in [0.2, 0.25) is 0 Å². The second kappa shape index (κ2) is 9.87. The van der Waals surface area contributed by atoms with Crippen LogP contribution in [-0.2, 0) is 10.1 Å². The van der Waals surface area contributed by atoms with Crippen LogP contribution in [0.15, 0.2) is 69.7 Å². The molecule has 0 spiro atoms. The zero-order valence-corrected chi connectivity index (χ0v) is 20.9. The number of carbonyl (C=O) groups excluding carboxylic acids is 2. The summed E-state index contributed by atoms with van der Waals surface area (Å²) in [6.45, 7) is 0. The Kier molecular flexibility index (Phi) is 6.61. The van der Waals surface area contributed by atoms with Crippen molar-refractivity contribution in [1.29, 1.82) is 0 Å². The summed E-state index contributed by atoms with van der Waals surface area (Å²) in [6, 6.07) is 14.2. The van der Waals surface area contributed by atoms with Gasteiger partial charge in [-0.25, -0.2) is 0 Å². The van der Waals surface area contributed by atoms with Crippen LogP contribution >= 0.6 is 0 Å². The summed E-state index contributed by atoms with van der Waals surface area (Å²) in [6.07, 6.45) is 4.76. The van der Waals surface area contributed by atoms with Gasteiger partial charge in [0.05, 0.1) is 18.2 Å². The molecule has 0 atom stereocenters. The zero-order valence-electron chi connectivity index (χ0n) is 20.1. The molecule has 0 radical (unpaired) electrons. The van der Waals surface area contributed by atoms with Crippen LogP contribution in [0.25, 0.3) is 0 Å². The maximum absolute atomic E-state index is 13.7. The number of azo groups is 1. The molecule has 0 heterocycles. The number of anilines is 1. The summed E-state index contributed by atoms with van der Waals surface area (Å²) in [4.78, 5) is 26.8. The smallest absolute Gasteiger partial charge is 0.296 e. The fraction of sp³-hybridized carbons (Fsp3) is 0.259. The third kappa shape index (κ3) is 4.65. The van der Waals surface area contributed by atoms with E-state index >= 15 is 0 Å². The van der Waals surface area contributed by atoms with E-state index in [2.05, 4.69) is 15.5 Å².